The minimum atomic E-state index is -3.58. The van der Waals surface area contributed by atoms with Crippen LogP contribution in [0.4, 0.5) is 0 Å². The lowest BCUT2D eigenvalue weighted by atomic mass is 10.1. The minimum Gasteiger partial charge on any atom is -0.490 e. The molecule has 0 aliphatic carbocycles. The fourth-order valence-electron chi connectivity index (χ4n) is 3.54. The first-order valence-corrected chi connectivity index (χ1v) is 12.2. The molecule has 2 aromatic rings. The molecule has 0 radical (unpaired) electrons. The molecule has 168 valence electrons. The van der Waals surface area contributed by atoms with Gasteiger partial charge in [-0.15, -0.1) is 0 Å². The monoisotopic (exact) mass is 446 g/mol. The Bertz CT molecular complexity index is 1000. The van der Waals surface area contributed by atoms with Gasteiger partial charge in [-0.25, -0.2) is 8.42 Å². The molecule has 0 aromatic heterocycles. The molecule has 1 aliphatic rings. The first-order chi connectivity index (χ1) is 15.0. The topological polar surface area (TPSA) is 84.9 Å². The van der Waals surface area contributed by atoms with Crippen LogP contribution in [0.15, 0.2) is 47.4 Å². The minimum absolute atomic E-state index is 0.154. The van der Waals surface area contributed by atoms with Gasteiger partial charge in [0.05, 0.1) is 18.1 Å². The van der Waals surface area contributed by atoms with Crippen LogP contribution in [0.1, 0.15) is 49.0 Å². The summed E-state index contributed by atoms with van der Waals surface area (Å²) in [4.78, 5) is 12.8. The van der Waals surface area contributed by atoms with Crippen molar-refractivity contribution in [3.63, 3.8) is 0 Å². The summed E-state index contributed by atoms with van der Waals surface area (Å²) < 4.78 is 38.5. The SMILES string of the molecule is CCOc1ccc(CNC(=O)c2cccc(S(=O)(=O)N3CCCCC3)c2)cc1OCC. The number of benzene rings is 2. The maximum atomic E-state index is 12.9. The van der Waals surface area contributed by atoms with Crippen LogP contribution in [0.3, 0.4) is 0 Å². The van der Waals surface area contributed by atoms with Crippen molar-refractivity contribution in [3.05, 3.63) is 53.6 Å². The molecule has 3 rings (SSSR count). The average molecular weight is 447 g/mol. The van der Waals surface area contributed by atoms with Gasteiger partial charge in [0.1, 0.15) is 0 Å². The van der Waals surface area contributed by atoms with Gasteiger partial charge in [-0.3, -0.25) is 4.79 Å². The molecule has 1 heterocycles. The summed E-state index contributed by atoms with van der Waals surface area (Å²) in [6, 6.07) is 11.7. The molecule has 8 heteroatoms. The molecule has 1 amide bonds. The van der Waals surface area contributed by atoms with Gasteiger partial charge in [0.25, 0.3) is 5.91 Å². The van der Waals surface area contributed by atoms with E-state index in [1.54, 1.807) is 18.2 Å². The molecule has 0 unspecified atom stereocenters. The highest BCUT2D eigenvalue weighted by Crippen LogP contribution is 2.28. The third kappa shape index (κ3) is 5.77. The number of amides is 1. The number of piperidine rings is 1. The summed E-state index contributed by atoms with van der Waals surface area (Å²) in [6.45, 7) is 6.19. The molecular weight excluding hydrogens is 416 g/mol. The van der Waals surface area contributed by atoms with Crippen LogP contribution in [0.5, 0.6) is 11.5 Å². The summed E-state index contributed by atoms with van der Waals surface area (Å²) in [7, 11) is -3.58. The van der Waals surface area contributed by atoms with Crippen molar-refractivity contribution in [2.24, 2.45) is 0 Å². The second kappa shape index (κ2) is 10.6. The van der Waals surface area contributed by atoms with Gasteiger partial charge in [-0.1, -0.05) is 18.6 Å². The van der Waals surface area contributed by atoms with Gasteiger partial charge in [-0.2, -0.15) is 4.31 Å². The highest BCUT2D eigenvalue weighted by atomic mass is 32.2. The predicted molar refractivity (Wildman–Crippen MR) is 119 cm³/mol. The zero-order chi connectivity index (χ0) is 22.3. The van der Waals surface area contributed by atoms with Gasteiger partial charge >= 0.3 is 0 Å². The third-order valence-electron chi connectivity index (χ3n) is 5.11. The quantitative estimate of drug-likeness (QED) is 0.636. The number of rotatable bonds is 9. The Hall–Kier alpha value is -2.58. The summed E-state index contributed by atoms with van der Waals surface area (Å²) in [5, 5.41) is 2.85. The molecule has 1 fully saturated rings. The number of hydrogen-bond acceptors (Lipinski definition) is 5. The zero-order valence-electron chi connectivity index (χ0n) is 18.1. The Morgan fingerprint density at radius 2 is 1.68 bits per heavy atom. The van der Waals surface area contributed by atoms with Gasteiger partial charge in [0.2, 0.25) is 10.0 Å². The molecule has 0 atom stereocenters. The summed E-state index contributed by atoms with van der Waals surface area (Å²) in [6.07, 6.45) is 2.78. The molecule has 0 bridgehead atoms. The van der Waals surface area contributed by atoms with E-state index in [4.69, 9.17) is 9.47 Å². The van der Waals surface area contributed by atoms with Crippen LogP contribution in [-0.4, -0.2) is 44.9 Å². The molecule has 1 saturated heterocycles. The lowest BCUT2D eigenvalue weighted by Crippen LogP contribution is -2.35. The Morgan fingerprint density at radius 3 is 2.39 bits per heavy atom. The lowest BCUT2D eigenvalue weighted by molar-refractivity contribution is 0.0950. The Morgan fingerprint density at radius 1 is 0.968 bits per heavy atom. The molecule has 0 spiro atoms. The second-order valence-electron chi connectivity index (χ2n) is 7.32. The predicted octanol–water partition coefficient (Wildman–Crippen LogP) is 3.59. The van der Waals surface area contributed by atoms with Crippen molar-refractivity contribution in [3.8, 4) is 11.5 Å². The van der Waals surface area contributed by atoms with Crippen molar-refractivity contribution in [2.75, 3.05) is 26.3 Å². The third-order valence-corrected chi connectivity index (χ3v) is 7.00. The average Bonchev–Trinajstić information content (AvgIpc) is 2.80. The van der Waals surface area contributed by atoms with E-state index in [-0.39, 0.29) is 17.3 Å². The van der Waals surface area contributed by atoms with Crippen LogP contribution < -0.4 is 14.8 Å². The van der Waals surface area contributed by atoms with Crippen molar-refractivity contribution in [1.82, 2.24) is 9.62 Å². The number of carbonyl (C=O) groups excluding carboxylic acids is 1. The van der Waals surface area contributed by atoms with Gasteiger partial charge in [-0.05, 0) is 62.6 Å². The highest BCUT2D eigenvalue weighted by molar-refractivity contribution is 7.89. The number of nitrogens with one attached hydrogen (secondary N) is 1. The highest BCUT2D eigenvalue weighted by Gasteiger charge is 2.26. The summed E-state index contributed by atoms with van der Waals surface area (Å²) in [5.74, 6) is 0.961. The molecule has 1 N–H and O–H groups in total. The number of nitrogens with zero attached hydrogens (tertiary/aromatic N) is 1. The summed E-state index contributed by atoms with van der Waals surface area (Å²) >= 11 is 0. The van der Waals surface area contributed by atoms with Crippen molar-refractivity contribution >= 4 is 15.9 Å². The van der Waals surface area contributed by atoms with Crippen LogP contribution in [-0.2, 0) is 16.6 Å². The fraction of sp³-hybridized carbons (Fsp3) is 0.435. The van der Waals surface area contributed by atoms with E-state index >= 15 is 0 Å². The smallest absolute Gasteiger partial charge is 0.251 e. The zero-order valence-corrected chi connectivity index (χ0v) is 18.9. The second-order valence-corrected chi connectivity index (χ2v) is 9.26. The van der Waals surface area contributed by atoms with E-state index in [0.29, 0.717) is 43.4 Å². The van der Waals surface area contributed by atoms with Crippen LogP contribution in [0.2, 0.25) is 0 Å². The van der Waals surface area contributed by atoms with E-state index < -0.39 is 10.0 Å². The molecule has 2 aromatic carbocycles. The van der Waals surface area contributed by atoms with Gasteiger partial charge < -0.3 is 14.8 Å². The number of carbonyl (C=O) groups is 1. The number of ether oxygens (including phenoxy) is 2. The van der Waals surface area contributed by atoms with Crippen LogP contribution >= 0.6 is 0 Å². The van der Waals surface area contributed by atoms with E-state index in [1.807, 2.05) is 32.0 Å². The first kappa shape index (κ1) is 23.1. The van der Waals surface area contributed by atoms with Crippen LogP contribution in [0.25, 0.3) is 0 Å². The van der Waals surface area contributed by atoms with E-state index in [9.17, 15) is 13.2 Å². The Labute approximate surface area is 184 Å². The maximum absolute atomic E-state index is 12.9. The molecule has 0 saturated carbocycles. The lowest BCUT2D eigenvalue weighted by Gasteiger charge is -2.26. The van der Waals surface area contributed by atoms with E-state index in [0.717, 1.165) is 24.8 Å². The van der Waals surface area contributed by atoms with Gasteiger partial charge in [0.15, 0.2) is 11.5 Å². The normalized spacial score (nSPS) is 14.8. The Balaban J connectivity index is 1.70. The molecule has 31 heavy (non-hydrogen) atoms. The summed E-state index contributed by atoms with van der Waals surface area (Å²) in [5.41, 5.74) is 1.17. The number of sulfonamides is 1. The van der Waals surface area contributed by atoms with E-state index in [2.05, 4.69) is 5.32 Å². The van der Waals surface area contributed by atoms with Crippen molar-refractivity contribution in [2.45, 2.75) is 44.6 Å². The first-order valence-electron chi connectivity index (χ1n) is 10.7. The largest absolute Gasteiger partial charge is 0.490 e. The van der Waals surface area contributed by atoms with Crippen molar-refractivity contribution in [1.29, 1.82) is 0 Å². The molecular formula is C23H30N2O5S. The standard InChI is InChI=1S/C23H30N2O5S/c1-3-29-21-12-11-18(15-22(21)30-4-2)17-24-23(26)19-9-8-10-20(16-19)31(27,28)25-13-6-5-7-14-25/h8-12,15-16H,3-7,13-14,17H2,1-2H3,(H,24,26). The molecule has 1 aliphatic heterocycles. The molecule has 7 nitrogen and oxygen atoms in total. The number of hydrogen-bond donors (Lipinski definition) is 1. The Kier molecular flexibility index (Phi) is 7.92. The fourth-order valence-corrected chi connectivity index (χ4v) is 5.11. The van der Waals surface area contributed by atoms with Gasteiger partial charge in [0, 0.05) is 25.2 Å². The van der Waals surface area contributed by atoms with E-state index in [1.165, 1.54) is 10.4 Å². The van der Waals surface area contributed by atoms with Crippen LogP contribution in [0, 0.1) is 0 Å². The maximum Gasteiger partial charge on any atom is 0.251 e. The van der Waals surface area contributed by atoms with Crippen molar-refractivity contribution < 1.29 is 22.7 Å².